The molecule has 1 aromatic heterocycles. The topological polar surface area (TPSA) is 45.8 Å². The standard InChI is InChI=1S/C14H16N2O2S/c1-10-4-6-16(7-5-10)14-15-13(17)12(19-14)9-11-3-2-8-18-11/h2-3,8-10H,4-7H2,1H3/b12-9-. The minimum Gasteiger partial charge on any atom is -0.465 e. The van der Waals surface area contributed by atoms with E-state index in [2.05, 4.69) is 16.8 Å². The molecule has 19 heavy (non-hydrogen) atoms. The second kappa shape index (κ2) is 5.25. The molecule has 4 nitrogen and oxygen atoms in total. The number of furan rings is 1. The fraction of sp³-hybridized carbons (Fsp3) is 0.429. The summed E-state index contributed by atoms with van der Waals surface area (Å²) in [6.45, 7) is 4.26. The monoisotopic (exact) mass is 276 g/mol. The van der Waals surface area contributed by atoms with Crippen molar-refractivity contribution < 1.29 is 9.21 Å². The minimum atomic E-state index is -0.157. The summed E-state index contributed by atoms with van der Waals surface area (Å²) >= 11 is 1.45. The first-order valence-electron chi connectivity index (χ1n) is 6.53. The Labute approximate surface area is 116 Å². The molecule has 3 heterocycles. The summed E-state index contributed by atoms with van der Waals surface area (Å²) in [5.74, 6) is 1.31. The molecule has 0 saturated carbocycles. The van der Waals surface area contributed by atoms with E-state index in [0.717, 1.165) is 24.2 Å². The van der Waals surface area contributed by atoms with Crippen LogP contribution >= 0.6 is 11.8 Å². The lowest BCUT2D eigenvalue weighted by molar-refractivity contribution is -0.113. The predicted molar refractivity (Wildman–Crippen MR) is 76.7 cm³/mol. The van der Waals surface area contributed by atoms with Crippen LogP contribution < -0.4 is 0 Å². The Hall–Kier alpha value is -1.49. The maximum atomic E-state index is 11.9. The number of hydrogen-bond donors (Lipinski definition) is 0. The average molecular weight is 276 g/mol. The van der Waals surface area contributed by atoms with Gasteiger partial charge in [0.15, 0.2) is 5.17 Å². The molecule has 0 unspecified atom stereocenters. The predicted octanol–water partition coefficient (Wildman–Crippen LogP) is 2.98. The average Bonchev–Trinajstić information content (AvgIpc) is 3.02. The van der Waals surface area contributed by atoms with Crippen LogP contribution in [0.3, 0.4) is 0 Å². The third-order valence-corrected chi connectivity index (χ3v) is 4.52. The normalized spacial score (nSPS) is 23.2. The van der Waals surface area contributed by atoms with E-state index < -0.39 is 0 Å². The molecular weight excluding hydrogens is 260 g/mol. The molecule has 1 saturated heterocycles. The highest BCUT2D eigenvalue weighted by molar-refractivity contribution is 8.18. The van der Waals surface area contributed by atoms with Crippen LogP contribution in [-0.4, -0.2) is 29.1 Å². The maximum Gasteiger partial charge on any atom is 0.286 e. The van der Waals surface area contributed by atoms with Gasteiger partial charge in [-0.05, 0) is 42.7 Å². The largest absolute Gasteiger partial charge is 0.465 e. The molecule has 1 fully saturated rings. The van der Waals surface area contributed by atoms with E-state index in [1.54, 1.807) is 12.3 Å². The molecule has 1 amide bonds. The number of nitrogens with zero attached hydrogens (tertiary/aromatic N) is 2. The first-order valence-corrected chi connectivity index (χ1v) is 7.35. The number of aliphatic imine (C=N–C) groups is 1. The number of carbonyl (C=O) groups excluding carboxylic acids is 1. The van der Waals surface area contributed by atoms with Gasteiger partial charge in [-0.1, -0.05) is 6.92 Å². The molecule has 0 aliphatic carbocycles. The fourth-order valence-electron chi connectivity index (χ4n) is 2.24. The fourth-order valence-corrected chi connectivity index (χ4v) is 3.18. The molecule has 100 valence electrons. The molecule has 5 heteroatoms. The zero-order valence-electron chi connectivity index (χ0n) is 10.8. The second-order valence-corrected chi connectivity index (χ2v) is 6.00. The van der Waals surface area contributed by atoms with Gasteiger partial charge < -0.3 is 9.32 Å². The van der Waals surface area contributed by atoms with Crippen molar-refractivity contribution in [3.8, 4) is 0 Å². The Bertz CT molecular complexity index is 526. The lowest BCUT2D eigenvalue weighted by Crippen LogP contribution is -2.35. The van der Waals surface area contributed by atoms with Gasteiger partial charge in [0.25, 0.3) is 5.91 Å². The minimum absolute atomic E-state index is 0.157. The molecule has 0 N–H and O–H groups in total. The number of piperidine rings is 1. The number of rotatable bonds is 1. The van der Waals surface area contributed by atoms with E-state index >= 15 is 0 Å². The van der Waals surface area contributed by atoms with Crippen LogP contribution in [-0.2, 0) is 4.79 Å². The zero-order chi connectivity index (χ0) is 13.2. The van der Waals surface area contributed by atoms with Gasteiger partial charge in [0.1, 0.15) is 5.76 Å². The van der Waals surface area contributed by atoms with Crippen LogP contribution in [0.5, 0.6) is 0 Å². The lowest BCUT2D eigenvalue weighted by atomic mass is 10.00. The van der Waals surface area contributed by atoms with Crippen LogP contribution in [0.25, 0.3) is 6.08 Å². The van der Waals surface area contributed by atoms with Crippen molar-refractivity contribution in [2.45, 2.75) is 19.8 Å². The second-order valence-electron chi connectivity index (χ2n) is 5.00. The summed E-state index contributed by atoms with van der Waals surface area (Å²) in [6.07, 6.45) is 5.70. The molecule has 1 aromatic rings. The highest BCUT2D eigenvalue weighted by Crippen LogP contribution is 2.32. The van der Waals surface area contributed by atoms with Crippen LogP contribution in [0.4, 0.5) is 0 Å². The van der Waals surface area contributed by atoms with Crippen LogP contribution in [0, 0.1) is 5.92 Å². The van der Waals surface area contributed by atoms with Gasteiger partial charge in [-0.2, -0.15) is 4.99 Å². The number of amidine groups is 1. The number of carbonyl (C=O) groups is 1. The van der Waals surface area contributed by atoms with Gasteiger partial charge in [0.05, 0.1) is 11.2 Å². The third kappa shape index (κ3) is 2.76. The highest BCUT2D eigenvalue weighted by atomic mass is 32.2. The zero-order valence-corrected chi connectivity index (χ0v) is 11.7. The molecule has 0 spiro atoms. The molecule has 0 atom stereocenters. The number of hydrogen-bond acceptors (Lipinski definition) is 4. The first kappa shape index (κ1) is 12.5. The lowest BCUT2D eigenvalue weighted by Gasteiger charge is -2.30. The molecule has 2 aliphatic heterocycles. The molecule has 3 rings (SSSR count). The van der Waals surface area contributed by atoms with E-state index in [1.165, 1.54) is 24.6 Å². The number of thioether (sulfide) groups is 1. The SMILES string of the molecule is CC1CCN(C2=NC(=O)/C(=C/c3ccco3)S2)CC1. The van der Waals surface area contributed by atoms with Crippen LogP contribution in [0.2, 0.25) is 0 Å². The first-order chi connectivity index (χ1) is 9.22. The Morgan fingerprint density at radius 3 is 2.95 bits per heavy atom. The van der Waals surface area contributed by atoms with Gasteiger partial charge in [-0.15, -0.1) is 0 Å². The van der Waals surface area contributed by atoms with Crippen molar-refractivity contribution in [2.24, 2.45) is 10.9 Å². The van der Waals surface area contributed by atoms with Crippen LogP contribution in [0.15, 0.2) is 32.7 Å². The molecule has 0 bridgehead atoms. The summed E-state index contributed by atoms with van der Waals surface area (Å²) < 4.78 is 5.23. The van der Waals surface area contributed by atoms with Crippen molar-refractivity contribution >= 4 is 28.9 Å². The van der Waals surface area contributed by atoms with Crippen molar-refractivity contribution in [2.75, 3.05) is 13.1 Å². The Kier molecular flexibility index (Phi) is 3.46. The van der Waals surface area contributed by atoms with Crippen molar-refractivity contribution in [1.29, 1.82) is 0 Å². The Morgan fingerprint density at radius 2 is 2.26 bits per heavy atom. The summed E-state index contributed by atoms with van der Waals surface area (Å²) in [5.41, 5.74) is 0. The maximum absolute atomic E-state index is 11.9. The number of likely N-dealkylation sites (tertiary alicyclic amines) is 1. The Morgan fingerprint density at radius 1 is 1.47 bits per heavy atom. The van der Waals surface area contributed by atoms with E-state index in [4.69, 9.17) is 4.42 Å². The van der Waals surface area contributed by atoms with Gasteiger partial charge in [-0.25, -0.2) is 0 Å². The quantitative estimate of drug-likeness (QED) is 0.740. The van der Waals surface area contributed by atoms with E-state index in [1.807, 2.05) is 12.1 Å². The summed E-state index contributed by atoms with van der Waals surface area (Å²) in [5, 5.41) is 0.842. The van der Waals surface area contributed by atoms with Gasteiger partial charge in [-0.3, -0.25) is 4.79 Å². The molecule has 0 radical (unpaired) electrons. The smallest absolute Gasteiger partial charge is 0.286 e. The third-order valence-electron chi connectivity index (χ3n) is 3.48. The summed E-state index contributed by atoms with van der Waals surface area (Å²) in [7, 11) is 0. The molecule has 0 aromatic carbocycles. The molecular formula is C14H16N2O2S. The van der Waals surface area contributed by atoms with Gasteiger partial charge in [0.2, 0.25) is 0 Å². The van der Waals surface area contributed by atoms with E-state index in [-0.39, 0.29) is 5.91 Å². The highest BCUT2D eigenvalue weighted by Gasteiger charge is 2.28. The van der Waals surface area contributed by atoms with Crippen LogP contribution in [0.1, 0.15) is 25.5 Å². The Balaban J connectivity index is 1.70. The van der Waals surface area contributed by atoms with Crippen molar-refractivity contribution in [1.82, 2.24) is 4.90 Å². The summed E-state index contributed by atoms with van der Waals surface area (Å²) in [4.78, 5) is 18.9. The number of amides is 1. The van der Waals surface area contributed by atoms with E-state index in [9.17, 15) is 4.79 Å². The van der Waals surface area contributed by atoms with Crippen molar-refractivity contribution in [3.63, 3.8) is 0 Å². The summed E-state index contributed by atoms with van der Waals surface area (Å²) in [6, 6.07) is 3.64. The van der Waals surface area contributed by atoms with E-state index in [0.29, 0.717) is 10.7 Å². The van der Waals surface area contributed by atoms with Gasteiger partial charge >= 0.3 is 0 Å². The molecule has 2 aliphatic rings. The van der Waals surface area contributed by atoms with Crippen molar-refractivity contribution in [3.05, 3.63) is 29.1 Å². The van der Waals surface area contributed by atoms with Gasteiger partial charge in [0, 0.05) is 19.2 Å².